The van der Waals surface area contributed by atoms with Gasteiger partial charge in [0.1, 0.15) is 7.34 Å². The molecule has 0 heterocycles. The van der Waals surface area contributed by atoms with Crippen LogP contribution in [0, 0.1) is 0 Å². The molecule has 0 aromatic rings. The lowest BCUT2D eigenvalue weighted by Gasteiger charge is -2.04. The highest BCUT2D eigenvalue weighted by Gasteiger charge is 1.91. The maximum atomic E-state index is 8.60. The Balaban J connectivity index is 3.48. The molecule has 1 unspecified atom stereocenters. The summed E-state index contributed by atoms with van der Waals surface area (Å²) in [5, 5.41) is 0. The Morgan fingerprint density at radius 2 is 2.00 bits per heavy atom. The predicted molar refractivity (Wildman–Crippen MR) is 29.2 cm³/mol. The van der Waals surface area contributed by atoms with Crippen LogP contribution in [0.2, 0.25) is 0 Å². The zero-order valence-electron chi connectivity index (χ0n) is 4.01. The van der Waals surface area contributed by atoms with Crippen molar-refractivity contribution in [3.63, 3.8) is 0 Å². The Morgan fingerprint density at radius 3 is 2.00 bits per heavy atom. The van der Waals surface area contributed by atoms with Gasteiger partial charge >= 0.3 is 0 Å². The van der Waals surface area contributed by atoms with Gasteiger partial charge in [-0.3, -0.25) is 0 Å². The molecule has 1 N–H and O–H groups in total. The van der Waals surface area contributed by atoms with Crippen molar-refractivity contribution in [2.75, 3.05) is 13.8 Å². The Kier molecular flexibility index (Phi) is 1.85. The van der Waals surface area contributed by atoms with Crippen LogP contribution in [0.15, 0.2) is 0 Å². The van der Waals surface area contributed by atoms with E-state index >= 15 is 0 Å². The Morgan fingerprint density at radius 1 is 1.83 bits per heavy atom. The molecule has 0 bridgehead atoms. The van der Waals surface area contributed by atoms with Gasteiger partial charge in [0.2, 0.25) is 0 Å². The monoisotopic (exact) mass is 108 g/mol. The third kappa shape index (κ3) is 4.22. The van der Waals surface area contributed by atoms with Crippen LogP contribution < -0.4 is 0 Å². The molecule has 0 aliphatic heterocycles. The van der Waals surface area contributed by atoms with E-state index in [4.69, 9.17) is 4.89 Å². The molecule has 0 spiro atoms. The van der Waals surface area contributed by atoms with Gasteiger partial charge in [0, 0.05) is 13.8 Å². The average Bonchev–Trinajstić information content (AvgIpc) is 1.35. The lowest BCUT2D eigenvalue weighted by Crippen LogP contribution is -1.76. The van der Waals surface area contributed by atoms with Crippen LogP contribution in [0.25, 0.3) is 0 Å². The SMILES string of the molecule is C=P(C)(O)OC. The fourth-order valence-corrected chi connectivity index (χ4v) is 0. The molecule has 0 radical (unpaired) electrons. The van der Waals surface area contributed by atoms with Gasteiger partial charge in [-0.2, -0.15) is 0 Å². The normalized spacial score (nSPS) is 19.8. The molecule has 0 aromatic carbocycles. The van der Waals surface area contributed by atoms with Crippen molar-refractivity contribution in [1.82, 2.24) is 0 Å². The van der Waals surface area contributed by atoms with E-state index in [0.29, 0.717) is 0 Å². The lowest BCUT2D eigenvalue weighted by atomic mass is 11.8. The summed E-state index contributed by atoms with van der Waals surface area (Å²) in [5.74, 6) is 0. The molecule has 0 fully saturated rings. The molecule has 0 saturated carbocycles. The van der Waals surface area contributed by atoms with E-state index in [1.54, 1.807) is 6.66 Å². The largest absolute Gasteiger partial charge is 0.353 e. The first-order valence-electron chi connectivity index (χ1n) is 1.55. The maximum absolute atomic E-state index is 8.60. The lowest BCUT2D eigenvalue weighted by molar-refractivity contribution is 0.391. The Bertz CT molecular complexity index is 72.9. The van der Waals surface area contributed by atoms with Gasteiger partial charge in [-0.1, -0.05) is 6.30 Å². The summed E-state index contributed by atoms with van der Waals surface area (Å²) >= 11 is 0. The van der Waals surface area contributed by atoms with E-state index in [1.807, 2.05) is 0 Å². The molecule has 38 valence electrons. The van der Waals surface area contributed by atoms with Gasteiger partial charge in [0.15, 0.2) is 0 Å². The molecule has 0 aliphatic carbocycles. The third-order valence-electron chi connectivity index (χ3n) is 0.393. The predicted octanol–water partition coefficient (Wildman–Crippen LogP) is 0.534. The zero-order chi connectivity index (χ0) is 5.21. The minimum absolute atomic E-state index is 1.45. The highest BCUT2D eigenvalue weighted by Crippen LogP contribution is 2.33. The van der Waals surface area contributed by atoms with Crippen molar-refractivity contribution in [2.24, 2.45) is 0 Å². The standard InChI is InChI=1S/C3H9O2P/c1-5-6(2,3)4/h4H,2H2,1,3H3. The molecule has 3 heteroatoms. The Hall–Kier alpha value is 0.220. The third-order valence-corrected chi connectivity index (χ3v) is 1.18. The van der Waals surface area contributed by atoms with Crippen LogP contribution in [0.4, 0.5) is 0 Å². The molecule has 0 rings (SSSR count). The van der Waals surface area contributed by atoms with E-state index in [9.17, 15) is 0 Å². The average molecular weight is 108 g/mol. The summed E-state index contributed by atoms with van der Waals surface area (Å²) in [5.41, 5.74) is 0. The van der Waals surface area contributed by atoms with Crippen LogP contribution in [0.3, 0.4) is 0 Å². The van der Waals surface area contributed by atoms with Crippen molar-refractivity contribution in [1.29, 1.82) is 0 Å². The van der Waals surface area contributed by atoms with Gasteiger partial charge in [-0.15, -0.1) is 0 Å². The molecule has 1 atom stereocenters. The van der Waals surface area contributed by atoms with Crippen molar-refractivity contribution in [2.45, 2.75) is 0 Å². The molecule has 2 nitrogen and oxygen atoms in total. The molecule has 0 saturated heterocycles. The van der Waals surface area contributed by atoms with Crippen LogP contribution in [-0.2, 0) is 4.52 Å². The highest BCUT2D eigenvalue weighted by molar-refractivity contribution is 7.62. The fraction of sp³-hybridized carbons (Fsp3) is 0.667. The van der Waals surface area contributed by atoms with E-state index < -0.39 is 7.34 Å². The van der Waals surface area contributed by atoms with Crippen LogP contribution in [-0.4, -0.2) is 25.0 Å². The Labute approximate surface area is 37.9 Å². The second-order valence-electron chi connectivity index (χ2n) is 1.23. The fourth-order valence-electron chi connectivity index (χ4n) is 0. The highest BCUT2D eigenvalue weighted by atomic mass is 31.2. The van der Waals surface area contributed by atoms with Crippen LogP contribution in [0.1, 0.15) is 0 Å². The number of hydrogen-bond donors (Lipinski definition) is 1. The van der Waals surface area contributed by atoms with E-state index in [2.05, 4.69) is 10.8 Å². The minimum atomic E-state index is -2.15. The first kappa shape index (κ1) is 6.22. The van der Waals surface area contributed by atoms with Crippen molar-refractivity contribution in [3.8, 4) is 0 Å². The van der Waals surface area contributed by atoms with E-state index in [0.717, 1.165) is 0 Å². The molecule has 6 heavy (non-hydrogen) atoms. The smallest absolute Gasteiger partial charge is 0.111 e. The van der Waals surface area contributed by atoms with Crippen LogP contribution in [0.5, 0.6) is 0 Å². The molecule has 0 aromatic heterocycles. The van der Waals surface area contributed by atoms with Gasteiger partial charge in [0.05, 0.1) is 0 Å². The summed E-state index contributed by atoms with van der Waals surface area (Å²) in [6, 6.07) is 0. The van der Waals surface area contributed by atoms with E-state index in [1.165, 1.54) is 7.11 Å². The molecule has 0 amide bonds. The summed E-state index contributed by atoms with van der Waals surface area (Å²) in [6.45, 7) is 1.58. The van der Waals surface area contributed by atoms with Crippen molar-refractivity contribution < 1.29 is 9.42 Å². The summed E-state index contributed by atoms with van der Waals surface area (Å²) in [7, 11) is -0.701. The van der Waals surface area contributed by atoms with Gasteiger partial charge in [-0.25, -0.2) is 0 Å². The molecular formula is C3H9O2P. The topological polar surface area (TPSA) is 29.5 Å². The van der Waals surface area contributed by atoms with Crippen molar-refractivity contribution in [3.05, 3.63) is 0 Å². The van der Waals surface area contributed by atoms with Gasteiger partial charge in [-0.05, 0) is 0 Å². The quantitative estimate of drug-likeness (QED) is 0.496. The van der Waals surface area contributed by atoms with E-state index in [-0.39, 0.29) is 0 Å². The zero-order valence-corrected chi connectivity index (χ0v) is 4.90. The second-order valence-corrected chi connectivity index (χ2v) is 3.70. The minimum Gasteiger partial charge on any atom is -0.353 e. The van der Waals surface area contributed by atoms with Gasteiger partial charge < -0.3 is 9.42 Å². The summed E-state index contributed by atoms with van der Waals surface area (Å²) in [4.78, 5) is 8.60. The van der Waals surface area contributed by atoms with Gasteiger partial charge in [0.25, 0.3) is 0 Å². The summed E-state index contributed by atoms with van der Waals surface area (Å²) < 4.78 is 4.49. The first-order valence-corrected chi connectivity index (χ1v) is 3.85. The second kappa shape index (κ2) is 1.78. The molecular weight excluding hydrogens is 99.0 g/mol. The van der Waals surface area contributed by atoms with Crippen molar-refractivity contribution >= 4 is 13.6 Å². The number of rotatable bonds is 1. The maximum Gasteiger partial charge on any atom is 0.111 e. The number of hydrogen-bond acceptors (Lipinski definition) is 2. The molecule has 0 aliphatic rings. The first-order chi connectivity index (χ1) is 2.56. The van der Waals surface area contributed by atoms with Crippen LogP contribution >= 0.6 is 7.34 Å². The summed E-state index contributed by atoms with van der Waals surface area (Å²) in [6.07, 6.45) is 3.33.